The van der Waals surface area contributed by atoms with Crippen molar-refractivity contribution < 1.29 is 55.3 Å². The van der Waals surface area contributed by atoms with Gasteiger partial charge in [-0.3, -0.25) is 9.59 Å². The van der Waals surface area contributed by atoms with Crippen molar-refractivity contribution in [3.63, 3.8) is 0 Å². The van der Waals surface area contributed by atoms with E-state index in [1.807, 2.05) is 24.3 Å². The Kier molecular flexibility index (Phi) is 10.7. The molecule has 0 unspecified atom stereocenters. The molecule has 44 heavy (non-hydrogen) atoms. The lowest BCUT2D eigenvalue weighted by Crippen LogP contribution is -2.53. The molecule has 3 N–H and O–H groups in total. The highest BCUT2D eigenvalue weighted by Crippen LogP contribution is 2.40. The van der Waals surface area contributed by atoms with Crippen LogP contribution in [-0.4, -0.2) is 61.9 Å². The number of carboxylic acids is 1. The number of anilines is 1. The molecule has 4 rings (SSSR count). The number of carbonyl (C=O) groups excluding carboxylic acids is 2. The molecule has 0 bridgehead atoms. The zero-order chi connectivity index (χ0) is 33.0. The number of amides is 2. The van der Waals surface area contributed by atoms with Crippen LogP contribution in [0.15, 0.2) is 53.0 Å². The Morgan fingerprint density at radius 2 is 1.77 bits per heavy atom. The normalized spacial score (nSPS) is 15.7. The molecule has 0 aliphatic carbocycles. The number of aliphatic carboxylic acids is 1. The predicted molar refractivity (Wildman–Crippen MR) is 150 cm³/mol. The second-order valence-electron chi connectivity index (χ2n) is 9.40. The van der Waals surface area contributed by atoms with Gasteiger partial charge in [-0.25, -0.2) is 4.79 Å². The number of nitrogens with zero attached hydrogens (tertiary/aromatic N) is 1. The fourth-order valence-electron chi connectivity index (χ4n) is 4.13. The molecule has 16 heteroatoms. The zero-order valence-corrected chi connectivity index (χ0v) is 24.9. The molecular weight excluding hydrogens is 668 g/mol. The third-order valence-corrected chi connectivity index (χ3v) is 7.01. The van der Waals surface area contributed by atoms with Crippen molar-refractivity contribution in [3.05, 3.63) is 64.1 Å². The van der Waals surface area contributed by atoms with E-state index in [1.165, 1.54) is 18.1 Å². The van der Waals surface area contributed by atoms with Crippen LogP contribution in [0.4, 0.5) is 32.0 Å². The second kappa shape index (κ2) is 13.7. The third kappa shape index (κ3) is 8.11. The Balaban J connectivity index is 0.000000676. The number of nitrogens with one attached hydrogen (secondary N) is 2. The molecule has 0 aromatic heterocycles. The van der Waals surface area contributed by atoms with Crippen molar-refractivity contribution in [1.82, 2.24) is 10.6 Å². The van der Waals surface area contributed by atoms with Crippen LogP contribution in [0.1, 0.15) is 18.1 Å². The monoisotopic (exact) mass is 693 g/mol. The molecule has 0 radical (unpaired) electrons. The lowest BCUT2D eigenvalue weighted by atomic mass is 10.0. The van der Waals surface area contributed by atoms with Crippen LogP contribution in [0.3, 0.4) is 0 Å². The van der Waals surface area contributed by atoms with Crippen molar-refractivity contribution in [2.45, 2.75) is 37.9 Å². The van der Waals surface area contributed by atoms with Gasteiger partial charge in [-0.1, -0.05) is 28.1 Å². The fourth-order valence-corrected chi connectivity index (χ4v) is 4.51. The van der Waals surface area contributed by atoms with Crippen molar-refractivity contribution in [3.8, 4) is 11.5 Å². The molecule has 0 saturated heterocycles. The number of likely N-dealkylation sites (N-methyl/N-ethyl adjacent to an activating group) is 1. The van der Waals surface area contributed by atoms with Gasteiger partial charge in [0.2, 0.25) is 5.91 Å². The molecule has 1 aliphatic rings. The summed E-state index contributed by atoms with van der Waals surface area (Å²) >= 11 is 3.44. The molecule has 3 aromatic rings. The number of hydrogen-bond donors (Lipinski definition) is 3. The maximum Gasteiger partial charge on any atom is 0.490 e. The van der Waals surface area contributed by atoms with Crippen molar-refractivity contribution in [1.29, 1.82) is 0 Å². The van der Waals surface area contributed by atoms with Gasteiger partial charge < -0.3 is 30.1 Å². The van der Waals surface area contributed by atoms with E-state index in [9.17, 15) is 35.9 Å². The van der Waals surface area contributed by atoms with Gasteiger partial charge in [0.25, 0.3) is 5.91 Å². The lowest BCUT2D eigenvalue weighted by molar-refractivity contribution is -0.192. The topological polar surface area (TPSA) is 117 Å². The number of halogens is 7. The van der Waals surface area contributed by atoms with Crippen molar-refractivity contribution in [2.75, 3.05) is 25.7 Å². The van der Waals surface area contributed by atoms with Crippen molar-refractivity contribution in [2.24, 2.45) is 0 Å². The molecule has 9 nitrogen and oxygen atoms in total. The summed E-state index contributed by atoms with van der Waals surface area (Å²) in [6, 6.07) is 10.4. The van der Waals surface area contributed by atoms with E-state index in [-0.39, 0.29) is 24.6 Å². The molecule has 0 spiro atoms. The third-order valence-electron chi connectivity index (χ3n) is 6.52. The first-order valence-corrected chi connectivity index (χ1v) is 13.5. The zero-order valence-electron chi connectivity index (χ0n) is 23.3. The predicted octanol–water partition coefficient (Wildman–Crippen LogP) is 5.28. The number of alkyl halides is 6. The Labute approximate surface area is 255 Å². The van der Waals surface area contributed by atoms with Gasteiger partial charge in [0.05, 0.1) is 30.9 Å². The van der Waals surface area contributed by atoms with Crippen LogP contribution in [0.25, 0.3) is 10.8 Å². The maximum absolute atomic E-state index is 13.8. The highest BCUT2D eigenvalue weighted by atomic mass is 79.9. The van der Waals surface area contributed by atoms with Crippen LogP contribution in [0.2, 0.25) is 0 Å². The molecule has 0 saturated carbocycles. The SMILES string of the molecule is CN[C@@H](C)C(=O)N[C@H]1COc2ccc(C(F)(F)F)cc2N(Cc2c(OC)ccc3cc(Br)ccc23)C1=O.O=C(O)C(F)(F)F. The van der Waals surface area contributed by atoms with Crippen LogP contribution >= 0.6 is 15.9 Å². The van der Waals surface area contributed by atoms with Gasteiger partial charge in [-0.2, -0.15) is 26.3 Å². The maximum atomic E-state index is 13.8. The first-order valence-electron chi connectivity index (χ1n) is 12.7. The molecule has 1 aliphatic heterocycles. The number of methoxy groups -OCH3 is 1. The molecule has 3 aromatic carbocycles. The Morgan fingerprint density at radius 1 is 1.11 bits per heavy atom. The largest absolute Gasteiger partial charge is 0.496 e. The fraction of sp³-hybridized carbons (Fsp3) is 0.321. The summed E-state index contributed by atoms with van der Waals surface area (Å²) < 4.78 is 84.7. The number of hydrogen-bond acceptors (Lipinski definition) is 6. The van der Waals surface area contributed by atoms with E-state index in [4.69, 9.17) is 19.4 Å². The lowest BCUT2D eigenvalue weighted by Gasteiger charge is -2.27. The number of carboxylic acid groups (broad SMARTS) is 1. The summed E-state index contributed by atoms with van der Waals surface area (Å²) in [5, 5.41) is 14.2. The van der Waals surface area contributed by atoms with E-state index in [2.05, 4.69) is 26.6 Å². The summed E-state index contributed by atoms with van der Waals surface area (Å²) in [5.41, 5.74) is -0.373. The van der Waals surface area contributed by atoms with E-state index in [1.54, 1.807) is 20.0 Å². The summed E-state index contributed by atoms with van der Waals surface area (Å²) in [7, 11) is 3.08. The number of fused-ring (bicyclic) bond motifs is 2. The van der Waals surface area contributed by atoms with Gasteiger partial charge in [0.1, 0.15) is 24.1 Å². The standard InChI is InChI=1S/C26H25BrF3N3O4.C2HF3O2/c1-14(31-2)24(34)32-20-13-37-23-9-5-16(26(28,29)30)11-21(23)33(25(20)35)12-19-18-7-6-17(27)10-15(18)4-8-22(19)36-3;3-2(4,5)1(6)7/h4-11,14,20,31H,12-13H2,1-3H3,(H,32,34);(H,6,7)/t14-,20-;/m0./s1. The summed E-state index contributed by atoms with van der Waals surface area (Å²) in [6.45, 7) is 1.26. The second-order valence-corrected chi connectivity index (χ2v) is 10.3. The van der Waals surface area contributed by atoms with E-state index in [0.29, 0.717) is 11.3 Å². The molecule has 2 amide bonds. The summed E-state index contributed by atoms with van der Waals surface area (Å²) in [6.07, 6.45) is -9.71. The highest BCUT2D eigenvalue weighted by molar-refractivity contribution is 9.10. The van der Waals surface area contributed by atoms with Gasteiger partial charge >= 0.3 is 18.3 Å². The Hall–Kier alpha value is -4.05. The van der Waals surface area contributed by atoms with Crippen molar-refractivity contribution >= 4 is 50.2 Å². The van der Waals surface area contributed by atoms with Crippen LogP contribution in [0, 0.1) is 0 Å². The summed E-state index contributed by atoms with van der Waals surface area (Å²) in [4.78, 5) is 36.5. The van der Waals surface area contributed by atoms with E-state index >= 15 is 0 Å². The molecule has 2 atom stereocenters. The van der Waals surface area contributed by atoms with Crippen LogP contribution in [0.5, 0.6) is 11.5 Å². The van der Waals surface area contributed by atoms with Gasteiger partial charge in [0.15, 0.2) is 0 Å². The van der Waals surface area contributed by atoms with Crippen LogP contribution < -0.4 is 25.0 Å². The van der Waals surface area contributed by atoms with E-state index < -0.39 is 47.8 Å². The number of rotatable bonds is 6. The minimum absolute atomic E-state index is 0.0468. The van der Waals surface area contributed by atoms with Gasteiger partial charge in [-0.05, 0) is 61.1 Å². The molecule has 0 fully saturated rings. The number of ether oxygens (including phenoxy) is 2. The molecule has 238 valence electrons. The number of benzene rings is 3. The Morgan fingerprint density at radius 3 is 2.34 bits per heavy atom. The quantitative estimate of drug-likeness (QED) is 0.301. The van der Waals surface area contributed by atoms with Crippen LogP contribution in [-0.2, 0) is 27.1 Å². The smallest absolute Gasteiger partial charge is 0.490 e. The average Bonchev–Trinajstić information content (AvgIpc) is 3.07. The minimum atomic E-state index is -5.08. The number of carbonyl (C=O) groups is 3. The minimum Gasteiger partial charge on any atom is -0.496 e. The van der Waals surface area contributed by atoms with Gasteiger partial charge in [0, 0.05) is 10.0 Å². The molecular formula is C28H26BrF6N3O6. The van der Waals surface area contributed by atoms with Gasteiger partial charge in [-0.15, -0.1) is 0 Å². The highest BCUT2D eigenvalue weighted by Gasteiger charge is 2.39. The van der Waals surface area contributed by atoms with E-state index in [0.717, 1.165) is 27.4 Å². The first-order chi connectivity index (χ1) is 20.5. The average molecular weight is 694 g/mol. The molecule has 1 heterocycles. The Bertz CT molecular complexity index is 1550. The first kappa shape index (κ1) is 34.4. The summed E-state index contributed by atoms with van der Waals surface area (Å²) in [5.74, 6) is -3.25.